The Morgan fingerprint density at radius 1 is 1.20 bits per heavy atom. The number of benzene rings is 1. The third kappa shape index (κ3) is 2.45. The zero-order chi connectivity index (χ0) is 14.1. The SMILES string of the molecule is CC1CCC(NC(=O)c2cn(C)c3ccccc23)CC1. The number of hydrogen-bond donors (Lipinski definition) is 1. The predicted molar refractivity (Wildman–Crippen MR) is 81.8 cm³/mol. The van der Waals surface area contributed by atoms with Gasteiger partial charge in [0.25, 0.3) is 5.91 Å². The van der Waals surface area contributed by atoms with Gasteiger partial charge >= 0.3 is 0 Å². The number of amides is 1. The van der Waals surface area contributed by atoms with E-state index in [0.29, 0.717) is 6.04 Å². The summed E-state index contributed by atoms with van der Waals surface area (Å²) in [5, 5.41) is 4.25. The Hall–Kier alpha value is -1.77. The topological polar surface area (TPSA) is 34.0 Å². The van der Waals surface area contributed by atoms with Crippen molar-refractivity contribution < 1.29 is 4.79 Å². The molecule has 0 aliphatic heterocycles. The highest BCUT2D eigenvalue weighted by Crippen LogP contribution is 2.25. The molecular weight excluding hydrogens is 248 g/mol. The monoisotopic (exact) mass is 270 g/mol. The van der Waals surface area contributed by atoms with Crippen molar-refractivity contribution in [3.8, 4) is 0 Å². The molecular formula is C17H22N2O. The molecule has 1 aliphatic carbocycles. The van der Waals surface area contributed by atoms with E-state index in [1.807, 2.05) is 36.0 Å². The van der Waals surface area contributed by atoms with Crippen LogP contribution in [0, 0.1) is 5.92 Å². The number of carbonyl (C=O) groups is 1. The lowest BCUT2D eigenvalue weighted by atomic mass is 9.87. The van der Waals surface area contributed by atoms with Gasteiger partial charge in [0.1, 0.15) is 0 Å². The fourth-order valence-electron chi connectivity index (χ4n) is 3.19. The number of nitrogens with one attached hydrogen (secondary N) is 1. The van der Waals surface area contributed by atoms with Crippen LogP contribution in [0.5, 0.6) is 0 Å². The number of nitrogens with zero attached hydrogens (tertiary/aromatic N) is 1. The molecule has 3 rings (SSSR count). The zero-order valence-electron chi connectivity index (χ0n) is 12.2. The van der Waals surface area contributed by atoms with Crippen molar-refractivity contribution >= 4 is 16.8 Å². The highest BCUT2D eigenvalue weighted by molar-refractivity contribution is 6.07. The van der Waals surface area contributed by atoms with Crippen LogP contribution >= 0.6 is 0 Å². The van der Waals surface area contributed by atoms with Gasteiger partial charge in [0.05, 0.1) is 5.56 Å². The molecule has 1 aromatic carbocycles. The van der Waals surface area contributed by atoms with Gasteiger partial charge in [0, 0.05) is 30.2 Å². The van der Waals surface area contributed by atoms with E-state index in [1.54, 1.807) is 0 Å². The van der Waals surface area contributed by atoms with Crippen LogP contribution in [0.15, 0.2) is 30.5 Å². The van der Waals surface area contributed by atoms with Crippen LogP contribution in [-0.4, -0.2) is 16.5 Å². The lowest BCUT2D eigenvalue weighted by molar-refractivity contribution is 0.0924. The van der Waals surface area contributed by atoms with Crippen molar-refractivity contribution in [1.29, 1.82) is 0 Å². The summed E-state index contributed by atoms with van der Waals surface area (Å²) in [4.78, 5) is 12.5. The lowest BCUT2D eigenvalue weighted by Gasteiger charge is -2.26. The van der Waals surface area contributed by atoms with E-state index in [1.165, 1.54) is 12.8 Å². The highest BCUT2D eigenvalue weighted by atomic mass is 16.1. The number of carbonyl (C=O) groups excluding carboxylic acids is 1. The Labute approximate surface area is 120 Å². The summed E-state index contributed by atoms with van der Waals surface area (Å²) in [5.41, 5.74) is 1.90. The van der Waals surface area contributed by atoms with Crippen LogP contribution in [0.1, 0.15) is 43.0 Å². The van der Waals surface area contributed by atoms with E-state index in [0.717, 1.165) is 35.2 Å². The zero-order valence-corrected chi connectivity index (χ0v) is 12.2. The molecule has 0 bridgehead atoms. The van der Waals surface area contributed by atoms with E-state index in [4.69, 9.17) is 0 Å². The largest absolute Gasteiger partial charge is 0.350 e. The fourth-order valence-corrected chi connectivity index (χ4v) is 3.19. The minimum absolute atomic E-state index is 0.0707. The number of rotatable bonds is 2. The Morgan fingerprint density at radius 3 is 2.65 bits per heavy atom. The quantitative estimate of drug-likeness (QED) is 0.890. The van der Waals surface area contributed by atoms with Gasteiger partial charge in [0.2, 0.25) is 0 Å². The average Bonchev–Trinajstić information content (AvgIpc) is 2.79. The van der Waals surface area contributed by atoms with Crippen LogP contribution in [0.2, 0.25) is 0 Å². The molecule has 1 amide bonds. The van der Waals surface area contributed by atoms with Crippen molar-refractivity contribution in [2.45, 2.75) is 38.6 Å². The van der Waals surface area contributed by atoms with Gasteiger partial charge in [-0.1, -0.05) is 25.1 Å². The molecule has 106 valence electrons. The summed E-state index contributed by atoms with van der Waals surface area (Å²) in [5.74, 6) is 0.877. The molecule has 20 heavy (non-hydrogen) atoms. The second-order valence-corrected chi connectivity index (χ2v) is 6.10. The van der Waals surface area contributed by atoms with Crippen molar-refractivity contribution in [3.05, 3.63) is 36.0 Å². The molecule has 3 heteroatoms. The summed E-state index contributed by atoms with van der Waals surface area (Å²) >= 11 is 0. The van der Waals surface area contributed by atoms with Crippen molar-refractivity contribution in [1.82, 2.24) is 9.88 Å². The summed E-state index contributed by atoms with van der Waals surface area (Å²) in [6.07, 6.45) is 6.60. The van der Waals surface area contributed by atoms with E-state index in [2.05, 4.69) is 18.3 Å². The summed E-state index contributed by atoms with van der Waals surface area (Å²) in [6.45, 7) is 2.29. The first-order valence-electron chi connectivity index (χ1n) is 7.50. The molecule has 0 atom stereocenters. The Morgan fingerprint density at radius 2 is 1.90 bits per heavy atom. The average molecular weight is 270 g/mol. The third-order valence-corrected chi connectivity index (χ3v) is 4.49. The van der Waals surface area contributed by atoms with Crippen LogP contribution in [0.25, 0.3) is 10.9 Å². The predicted octanol–water partition coefficient (Wildman–Crippen LogP) is 3.49. The van der Waals surface area contributed by atoms with Crippen LogP contribution < -0.4 is 5.32 Å². The molecule has 0 saturated heterocycles. The molecule has 3 nitrogen and oxygen atoms in total. The Kier molecular flexibility index (Phi) is 3.51. The number of para-hydroxylation sites is 1. The molecule has 0 unspecified atom stereocenters. The second-order valence-electron chi connectivity index (χ2n) is 6.10. The maximum atomic E-state index is 12.5. The van der Waals surface area contributed by atoms with Crippen molar-refractivity contribution in [2.75, 3.05) is 0 Å². The smallest absolute Gasteiger partial charge is 0.253 e. The van der Waals surface area contributed by atoms with Crippen molar-refractivity contribution in [2.24, 2.45) is 13.0 Å². The Bertz CT molecular complexity index is 621. The number of aromatic nitrogens is 1. The number of fused-ring (bicyclic) bond motifs is 1. The Balaban J connectivity index is 1.79. The van der Waals surface area contributed by atoms with Gasteiger partial charge in [-0.2, -0.15) is 0 Å². The third-order valence-electron chi connectivity index (χ3n) is 4.49. The van der Waals surface area contributed by atoms with Crippen LogP contribution in [-0.2, 0) is 7.05 Å². The molecule has 0 radical (unpaired) electrons. The molecule has 1 fully saturated rings. The minimum Gasteiger partial charge on any atom is -0.350 e. The molecule has 0 spiro atoms. The van der Waals surface area contributed by atoms with E-state index in [9.17, 15) is 4.79 Å². The van der Waals surface area contributed by atoms with Gasteiger partial charge in [-0.05, 0) is 37.7 Å². The first kappa shape index (κ1) is 13.2. The first-order chi connectivity index (χ1) is 9.65. The van der Waals surface area contributed by atoms with Crippen LogP contribution in [0.4, 0.5) is 0 Å². The number of hydrogen-bond acceptors (Lipinski definition) is 1. The van der Waals surface area contributed by atoms with Crippen molar-refractivity contribution in [3.63, 3.8) is 0 Å². The molecule has 1 heterocycles. The van der Waals surface area contributed by atoms with Crippen LogP contribution in [0.3, 0.4) is 0 Å². The fraction of sp³-hybridized carbons (Fsp3) is 0.471. The lowest BCUT2D eigenvalue weighted by Crippen LogP contribution is -2.37. The maximum Gasteiger partial charge on any atom is 0.253 e. The summed E-state index contributed by atoms with van der Waals surface area (Å²) < 4.78 is 2.02. The van der Waals surface area contributed by atoms with Gasteiger partial charge in [-0.25, -0.2) is 0 Å². The van der Waals surface area contributed by atoms with E-state index < -0.39 is 0 Å². The summed E-state index contributed by atoms with van der Waals surface area (Å²) in [7, 11) is 1.99. The normalized spacial score (nSPS) is 22.9. The molecule has 2 aromatic rings. The van der Waals surface area contributed by atoms with Gasteiger partial charge < -0.3 is 9.88 Å². The minimum atomic E-state index is 0.0707. The molecule has 1 aliphatic rings. The maximum absolute atomic E-state index is 12.5. The van der Waals surface area contributed by atoms with Gasteiger partial charge in [-0.15, -0.1) is 0 Å². The standard InChI is InChI=1S/C17H22N2O/c1-12-7-9-13(10-8-12)18-17(20)15-11-19(2)16-6-4-3-5-14(15)16/h3-6,11-13H,7-10H2,1-2H3,(H,18,20). The first-order valence-corrected chi connectivity index (χ1v) is 7.50. The molecule has 1 aromatic heterocycles. The second kappa shape index (κ2) is 5.31. The molecule has 1 saturated carbocycles. The summed E-state index contributed by atoms with van der Waals surface area (Å²) in [6, 6.07) is 8.41. The number of aryl methyl sites for hydroxylation is 1. The highest BCUT2D eigenvalue weighted by Gasteiger charge is 2.21. The molecule has 1 N–H and O–H groups in total. The van der Waals surface area contributed by atoms with Gasteiger partial charge in [-0.3, -0.25) is 4.79 Å². The van der Waals surface area contributed by atoms with E-state index in [-0.39, 0.29) is 5.91 Å². The van der Waals surface area contributed by atoms with Gasteiger partial charge in [0.15, 0.2) is 0 Å². The van der Waals surface area contributed by atoms with E-state index >= 15 is 0 Å².